The molecular formula is C19H18ClN3O. The van der Waals surface area contributed by atoms with Crippen molar-refractivity contribution in [1.29, 1.82) is 0 Å². The normalized spacial score (nSPS) is 10.8. The van der Waals surface area contributed by atoms with Gasteiger partial charge in [0.1, 0.15) is 5.82 Å². The predicted octanol–water partition coefficient (Wildman–Crippen LogP) is 4.20. The minimum absolute atomic E-state index is 0.152. The van der Waals surface area contributed by atoms with Crippen LogP contribution in [0.2, 0.25) is 5.02 Å². The van der Waals surface area contributed by atoms with Gasteiger partial charge < -0.3 is 9.88 Å². The summed E-state index contributed by atoms with van der Waals surface area (Å²) >= 11 is 5.85. The quantitative estimate of drug-likeness (QED) is 0.708. The molecule has 0 fully saturated rings. The van der Waals surface area contributed by atoms with Gasteiger partial charge in [-0.1, -0.05) is 35.9 Å². The van der Waals surface area contributed by atoms with Crippen molar-refractivity contribution in [2.45, 2.75) is 20.0 Å². The van der Waals surface area contributed by atoms with Crippen LogP contribution in [0.25, 0.3) is 11.0 Å². The molecule has 5 heteroatoms. The van der Waals surface area contributed by atoms with E-state index in [4.69, 9.17) is 11.6 Å². The Morgan fingerprint density at radius 2 is 1.92 bits per heavy atom. The molecule has 0 saturated carbocycles. The molecule has 0 bridgehead atoms. The topological polar surface area (TPSA) is 46.9 Å². The number of aromatic nitrogens is 2. The van der Waals surface area contributed by atoms with E-state index in [9.17, 15) is 4.79 Å². The van der Waals surface area contributed by atoms with Gasteiger partial charge in [0.2, 0.25) is 0 Å². The fourth-order valence-electron chi connectivity index (χ4n) is 2.57. The molecule has 0 aliphatic heterocycles. The van der Waals surface area contributed by atoms with E-state index < -0.39 is 0 Å². The van der Waals surface area contributed by atoms with Crippen molar-refractivity contribution in [2.24, 2.45) is 0 Å². The number of allylic oxidation sites excluding steroid dienone is 1. The molecule has 0 unspecified atom stereocenters. The summed E-state index contributed by atoms with van der Waals surface area (Å²) in [7, 11) is 0. The number of amides is 1. The second-order valence-electron chi connectivity index (χ2n) is 5.75. The summed E-state index contributed by atoms with van der Waals surface area (Å²) in [5, 5.41) is 3.52. The molecular weight excluding hydrogens is 322 g/mol. The van der Waals surface area contributed by atoms with Crippen LogP contribution in [0.3, 0.4) is 0 Å². The molecule has 0 spiro atoms. The lowest BCUT2D eigenvalue weighted by molar-refractivity contribution is 0.0949. The lowest BCUT2D eigenvalue weighted by Crippen LogP contribution is -2.24. The summed E-state index contributed by atoms with van der Waals surface area (Å²) < 4.78 is 2.08. The highest BCUT2D eigenvalue weighted by molar-refractivity contribution is 6.30. The number of nitrogens with one attached hydrogen (secondary N) is 1. The standard InChI is InChI=1S/C19H18ClN3O/c1-13(2)12-23-17-6-4-3-5-16(17)22-18(23)11-21-19(24)14-7-9-15(20)10-8-14/h3-10H,1,11-12H2,2H3,(H,21,24). The van der Waals surface area contributed by atoms with Crippen molar-refractivity contribution in [1.82, 2.24) is 14.9 Å². The number of nitrogens with zero attached hydrogens (tertiary/aromatic N) is 2. The summed E-state index contributed by atoms with van der Waals surface area (Å²) in [4.78, 5) is 16.9. The smallest absolute Gasteiger partial charge is 0.251 e. The number of hydrogen-bond donors (Lipinski definition) is 1. The summed E-state index contributed by atoms with van der Waals surface area (Å²) in [5.41, 5.74) is 3.55. The zero-order valence-electron chi connectivity index (χ0n) is 13.4. The highest BCUT2D eigenvalue weighted by Crippen LogP contribution is 2.17. The molecule has 122 valence electrons. The third kappa shape index (κ3) is 3.49. The number of carbonyl (C=O) groups excluding carboxylic acids is 1. The summed E-state index contributed by atoms with van der Waals surface area (Å²) in [6, 6.07) is 14.7. The van der Waals surface area contributed by atoms with E-state index in [2.05, 4.69) is 21.4 Å². The third-order valence-electron chi connectivity index (χ3n) is 3.68. The van der Waals surface area contributed by atoms with E-state index in [1.807, 2.05) is 31.2 Å². The first kappa shape index (κ1) is 16.3. The van der Waals surface area contributed by atoms with E-state index in [0.717, 1.165) is 22.4 Å². The second kappa shape index (κ2) is 6.89. The molecule has 3 aromatic rings. The maximum absolute atomic E-state index is 12.3. The van der Waals surface area contributed by atoms with Gasteiger partial charge in [-0.25, -0.2) is 4.98 Å². The van der Waals surface area contributed by atoms with E-state index >= 15 is 0 Å². The van der Waals surface area contributed by atoms with Crippen LogP contribution in [0.4, 0.5) is 0 Å². The highest BCUT2D eigenvalue weighted by atomic mass is 35.5. The minimum atomic E-state index is -0.152. The van der Waals surface area contributed by atoms with Crippen molar-refractivity contribution in [3.63, 3.8) is 0 Å². The van der Waals surface area contributed by atoms with Crippen LogP contribution in [-0.4, -0.2) is 15.5 Å². The lowest BCUT2D eigenvalue weighted by atomic mass is 10.2. The number of fused-ring (bicyclic) bond motifs is 1. The van der Waals surface area contributed by atoms with E-state index in [-0.39, 0.29) is 5.91 Å². The van der Waals surface area contributed by atoms with Gasteiger partial charge in [0.15, 0.2) is 0 Å². The molecule has 0 saturated heterocycles. The Balaban J connectivity index is 1.82. The van der Waals surface area contributed by atoms with Gasteiger partial charge in [-0.3, -0.25) is 4.79 Å². The lowest BCUT2D eigenvalue weighted by Gasteiger charge is -2.10. The third-order valence-corrected chi connectivity index (χ3v) is 3.93. The van der Waals surface area contributed by atoms with Crippen molar-refractivity contribution in [2.75, 3.05) is 0 Å². The largest absolute Gasteiger partial charge is 0.345 e. The number of para-hydroxylation sites is 2. The van der Waals surface area contributed by atoms with Gasteiger partial charge in [0.25, 0.3) is 5.91 Å². The molecule has 1 aromatic heterocycles. The van der Waals surface area contributed by atoms with Crippen molar-refractivity contribution < 1.29 is 4.79 Å². The molecule has 1 amide bonds. The molecule has 0 atom stereocenters. The maximum Gasteiger partial charge on any atom is 0.251 e. The average Bonchev–Trinajstić information content (AvgIpc) is 2.90. The van der Waals surface area contributed by atoms with Crippen LogP contribution < -0.4 is 5.32 Å². The van der Waals surface area contributed by atoms with Gasteiger partial charge in [-0.2, -0.15) is 0 Å². The Kier molecular flexibility index (Phi) is 4.67. The van der Waals surface area contributed by atoms with E-state index in [1.54, 1.807) is 24.3 Å². The fraction of sp³-hybridized carbons (Fsp3) is 0.158. The number of rotatable bonds is 5. The first-order valence-corrected chi connectivity index (χ1v) is 8.04. The van der Waals surface area contributed by atoms with Crippen molar-refractivity contribution >= 4 is 28.5 Å². The number of hydrogen-bond acceptors (Lipinski definition) is 2. The van der Waals surface area contributed by atoms with Crippen LogP contribution in [0.15, 0.2) is 60.7 Å². The molecule has 1 heterocycles. The van der Waals surface area contributed by atoms with Crippen LogP contribution in [-0.2, 0) is 13.1 Å². The predicted molar refractivity (Wildman–Crippen MR) is 97.2 cm³/mol. The Morgan fingerprint density at radius 3 is 2.62 bits per heavy atom. The van der Waals surface area contributed by atoms with Crippen LogP contribution >= 0.6 is 11.6 Å². The number of benzene rings is 2. The molecule has 0 radical (unpaired) electrons. The highest BCUT2D eigenvalue weighted by Gasteiger charge is 2.12. The zero-order valence-corrected chi connectivity index (χ0v) is 14.2. The molecule has 2 aromatic carbocycles. The fourth-order valence-corrected chi connectivity index (χ4v) is 2.70. The monoisotopic (exact) mass is 339 g/mol. The van der Waals surface area contributed by atoms with Gasteiger partial charge in [-0.05, 0) is 43.3 Å². The molecule has 3 rings (SSSR count). The summed E-state index contributed by atoms with van der Waals surface area (Å²) in [5.74, 6) is 0.655. The molecule has 24 heavy (non-hydrogen) atoms. The van der Waals surface area contributed by atoms with Crippen LogP contribution in [0.1, 0.15) is 23.1 Å². The molecule has 0 aliphatic rings. The van der Waals surface area contributed by atoms with Gasteiger partial charge in [0.05, 0.1) is 17.6 Å². The Morgan fingerprint density at radius 1 is 1.21 bits per heavy atom. The van der Waals surface area contributed by atoms with Gasteiger partial charge in [0, 0.05) is 17.1 Å². The number of halogens is 1. The minimum Gasteiger partial charge on any atom is -0.345 e. The number of imidazole rings is 1. The molecule has 1 N–H and O–H groups in total. The first-order valence-electron chi connectivity index (χ1n) is 7.67. The van der Waals surface area contributed by atoms with Crippen LogP contribution in [0.5, 0.6) is 0 Å². The van der Waals surface area contributed by atoms with Crippen molar-refractivity contribution in [3.05, 3.63) is 77.1 Å². The molecule has 0 aliphatic carbocycles. The number of carbonyl (C=O) groups is 1. The Bertz CT molecular complexity index is 897. The SMILES string of the molecule is C=C(C)Cn1c(CNC(=O)c2ccc(Cl)cc2)nc2ccccc21. The maximum atomic E-state index is 12.3. The Hall–Kier alpha value is -2.59. The van der Waals surface area contributed by atoms with Gasteiger partial charge >= 0.3 is 0 Å². The van der Waals surface area contributed by atoms with Crippen LogP contribution in [0, 0.1) is 0 Å². The summed E-state index contributed by atoms with van der Waals surface area (Å²) in [6.45, 7) is 6.98. The first-order chi connectivity index (χ1) is 11.5. The van der Waals surface area contributed by atoms with E-state index in [0.29, 0.717) is 23.7 Å². The average molecular weight is 340 g/mol. The zero-order chi connectivity index (χ0) is 17.1. The second-order valence-corrected chi connectivity index (χ2v) is 6.19. The molecule has 4 nitrogen and oxygen atoms in total. The Labute approximate surface area is 145 Å². The van der Waals surface area contributed by atoms with E-state index in [1.165, 1.54) is 0 Å². The van der Waals surface area contributed by atoms with Gasteiger partial charge in [-0.15, -0.1) is 0 Å². The summed E-state index contributed by atoms with van der Waals surface area (Å²) in [6.07, 6.45) is 0. The van der Waals surface area contributed by atoms with Crippen molar-refractivity contribution in [3.8, 4) is 0 Å².